The van der Waals surface area contributed by atoms with Gasteiger partial charge in [0.2, 0.25) is 23.6 Å². The normalized spacial score (nSPS) is 15.4. The van der Waals surface area contributed by atoms with E-state index in [1.165, 1.54) is 4.90 Å². The van der Waals surface area contributed by atoms with Crippen LogP contribution in [0.3, 0.4) is 0 Å². The monoisotopic (exact) mass is 897 g/mol. The number of ether oxygens (including phenoxy) is 2. The molecule has 0 aliphatic carbocycles. The molecule has 2 heterocycles. The van der Waals surface area contributed by atoms with Crippen molar-refractivity contribution >= 4 is 57.9 Å². The number of thiazole rings is 1. The maximum absolute atomic E-state index is 13.9. The Bertz CT molecular complexity index is 2160. The molecule has 1 aliphatic heterocycles. The highest BCUT2D eigenvalue weighted by molar-refractivity contribution is 7.13. The first-order valence-electron chi connectivity index (χ1n) is 22.0. The van der Waals surface area contributed by atoms with Gasteiger partial charge >= 0.3 is 0 Å². The topological polar surface area (TPSA) is 214 Å². The number of nitrogens with one attached hydrogen (secondary N) is 4. The number of hydrogen-bond acceptors (Lipinski definition) is 11. The number of nitrogen functional groups attached to an aromatic ring is 1. The molecule has 4 aromatic rings. The number of aryl methyl sites for hydroxylation is 1. The molecule has 0 bridgehead atoms. The number of benzene rings is 3. The number of amides is 5. The predicted octanol–water partition coefficient (Wildman–Crippen LogP) is 6.46. The Morgan fingerprint density at radius 3 is 2.08 bits per heavy atom. The number of unbranched alkanes of at least 4 members (excludes halogenated alkanes) is 6. The molecule has 0 unspecified atom stereocenters. The Morgan fingerprint density at radius 2 is 1.47 bits per heavy atom. The molecule has 3 aromatic carbocycles. The van der Waals surface area contributed by atoms with Crippen LogP contribution in [0.2, 0.25) is 0 Å². The minimum Gasteiger partial charge on any atom is -0.397 e. The lowest BCUT2D eigenvalue weighted by Crippen LogP contribution is -2.58. The van der Waals surface area contributed by atoms with Crippen LogP contribution in [-0.2, 0) is 35.2 Å². The Balaban J connectivity index is 0.899. The Kier molecular flexibility index (Phi) is 18.8. The highest BCUT2D eigenvalue weighted by atomic mass is 32.1. The number of para-hydroxylation sites is 2. The van der Waals surface area contributed by atoms with E-state index < -0.39 is 35.4 Å². The van der Waals surface area contributed by atoms with Crippen molar-refractivity contribution in [2.75, 3.05) is 49.3 Å². The number of likely N-dealkylation sites (tertiary alicyclic amines) is 1. The highest BCUT2D eigenvalue weighted by Gasteiger charge is 2.44. The quantitative estimate of drug-likeness (QED) is 0.0353. The van der Waals surface area contributed by atoms with Crippen LogP contribution in [0.5, 0.6) is 0 Å². The number of β-amino-alcohol motifs (C(OH)–C–C–N with tert-alkyl or cyclic N) is 1. The molecule has 3 atom stereocenters. The summed E-state index contributed by atoms with van der Waals surface area (Å²) in [4.78, 5) is 71.9. The number of anilines is 3. The van der Waals surface area contributed by atoms with Crippen LogP contribution < -0.4 is 27.0 Å². The maximum atomic E-state index is 13.9. The molecule has 16 heteroatoms. The van der Waals surface area contributed by atoms with Crippen molar-refractivity contribution in [1.82, 2.24) is 20.5 Å². The molecule has 344 valence electrons. The summed E-state index contributed by atoms with van der Waals surface area (Å²) in [5, 5.41) is 21.8. The summed E-state index contributed by atoms with van der Waals surface area (Å²) < 4.78 is 11.2. The third kappa shape index (κ3) is 15.2. The van der Waals surface area contributed by atoms with E-state index in [1.54, 1.807) is 59.9 Å². The number of carbonyl (C=O) groups is 5. The second kappa shape index (κ2) is 24.4. The Morgan fingerprint density at radius 1 is 0.844 bits per heavy atom. The number of aliphatic hydroxyl groups excluding tert-OH is 1. The van der Waals surface area contributed by atoms with Gasteiger partial charge in [-0.1, -0.05) is 89.3 Å². The molecule has 1 aromatic heterocycles. The molecule has 5 amide bonds. The first-order valence-corrected chi connectivity index (χ1v) is 22.8. The smallest absolute Gasteiger partial charge is 0.255 e. The summed E-state index contributed by atoms with van der Waals surface area (Å²) in [5.74, 6) is -1.77. The van der Waals surface area contributed by atoms with Crippen molar-refractivity contribution in [1.29, 1.82) is 0 Å². The average Bonchev–Trinajstić information content (AvgIpc) is 3.89. The summed E-state index contributed by atoms with van der Waals surface area (Å²) in [6.07, 6.45) is 5.94. The van der Waals surface area contributed by atoms with Gasteiger partial charge in [-0.25, -0.2) is 4.98 Å². The van der Waals surface area contributed by atoms with Crippen molar-refractivity contribution in [3.05, 3.63) is 95.1 Å². The van der Waals surface area contributed by atoms with E-state index in [9.17, 15) is 29.1 Å². The fraction of sp³-hybridized carbons (Fsp3) is 0.458. The fourth-order valence-electron chi connectivity index (χ4n) is 7.31. The van der Waals surface area contributed by atoms with Crippen LogP contribution in [0.1, 0.15) is 93.8 Å². The summed E-state index contributed by atoms with van der Waals surface area (Å²) >= 11 is 1.57. The first kappa shape index (κ1) is 49.3. The number of nitrogens with zero attached hydrogens (tertiary/aromatic N) is 2. The molecule has 1 fully saturated rings. The molecular weight excluding hydrogens is 835 g/mol. The second-order valence-electron chi connectivity index (χ2n) is 17.2. The van der Waals surface area contributed by atoms with E-state index in [0.29, 0.717) is 35.8 Å². The largest absolute Gasteiger partial charge is 0.397 e. The lowest BCUT2D eigenvalue weighted by molar-refractivity contribution is -0.144. The fourth-order valence-corrected chi connectivity index (χ4v) is 8.12. The summed E-state index contributed by atoms with van der Waals surface area (Å²) in [7, 11) is 0. The highest BCUT2D eigenvalue weighted by Crippen LogP contribution is 2.28. The van der Waals surface area contributed by atoms with Gasteiger partial charge in [0.25, 0.3) is 5.91 Å². The van der Waals surface area contributed by atoms with E-state index in [0.717, 1.165) is 66.6 Å². The van der Waals surface area contributed by atoms with Gasteiger partial charge < -0.3 is 46.5 Å². The summed E-state index contributed by atoms with van der Waals surface area (Å²) in [6.45, 7) is 8.41. The van der Waals surface area contributed by atoms with E-state index >= 15 is 0 Å². The van der Waals surface area contributed by atoms with Crippen LogP contribution >= 0.6 is 11.3 Å². The Hall–Kier alpha value is -5.68. The summed E-state index contributed by atoms with van der Waals surface area (Å²) in [5.41, 5.74) is 12.0. The van der Waals surface area contributed by atoms with Crippen molar-refractivity contribution < 1.29 is 38.6 Å². The standard InChI is InChI=1S/C48H63N7O8S/c1-32-43(64-31-51-32)34-18-16-33(17-19-34)27-50-46(60)40-26-37(56)28-55(40)47(61)44(48(2,3)4)54-42(58)30-63-25-13-9-7-5-6-8-12-24-62-29-41(57)52-36-22-20-35(21-23-36)45(59)53-39-15-11-10-14-38(39)49/h10-11,14-23,31,37,40,44,56H,5-9,12-13,24-30,49H2,1-4H3,(H,50,60)(H,52,57)(H,53,59)(H,54,58)/t37-,40+,44-/m1/s1. The zero-order chi connectivity index (χ0) is 46.1. The van der Waals surface area contributed by atoms with Crippen molar-refractivity contribution in [2.24, 2.45) is 5.41 Å². The third-order valence-corrected chi connectivity index (χ3v) is 11.9. The Labute approximate surface area is 379 Å². The predicted molar refractivity (Wildman–Crippen MR) is 249 cm³/mol. The number of hydrogen-bond donors (Lipinski definition) is 6. The minimum atomic E-state index is -0.929. The van der Waals surface area contributed by atoms with E-state index in [4.69, 9.17) is 15.2 Å². The van der Waals surface area contributed by atoms with Crippen molar-refractivity contribution in [3.63, 3.8) is 0 Å². The van der Waals surface area contributed by atoms with Gasteiger partial charge in [-0.2, -0.15) is 0 Å². The molecular formula is C48H63N7O8S. The molecule has 0 saturated carbocycles. The van der Waals surface area contributed by atoms with Gasteiger partial charge in [-0.15, -0.1) is 11.3 Å². The van der Waals surface area contributed by atoms with Gasteiger partial charge in [-0.3, -0.25) is 24.0 Å². The van der Waals surface area contributed by atoms with Gasteiger partial charge in [0.15, 0.2) is 0 Å². The number of rotatable bonds is 23. The number of aliphatic hydroxyl groups is 1. The molecule has 7 N–H and O–H groups in total. The molecule has 0 radical (unpaired) electrons. The summed E-state index contributed by atoms with van der Waals surface area (Å²) in [6, 6.07) is 19.7. The van der Waals surface area contributed by atoms with Crippen molar-refractivity contribution in [2.45, 2.75) is 104 Å². The zero-order valence-electron chi connectivity index (χ0n) is 37.3. The molecule has 0 spiro atoms. The van der Waals surface area contributed by atoms with Gasteiger partial charge in [0.1, 0.15) is 25.3 Å². The second-order valence-corrected chi connectivity index (χ2v) is 18.0. The number of nitrogens with two attached hydrogens (primary N) is 1. The first-order chi connectivity index (χ1) is 30.7. The van der Waals surface area contributed by atoms with Gasteiger partial charge in [-0.05, 0) is 72.7 Å². The van der Waals surface area contributed by atoms with Gasteiger partial charge in [0, 0.05) is 44.0 Å². The third-order valence-electron chi connectivity index (χ3n) is 10.9. The molecule has 64 heavy (non-hydrogen) atoms. The SMILES string of the molecule is Cc1ncsc1-c1ccc(CNC(=O)[C@@H]2C[C@@H](O)CN2C(=O)[C@@H](NC(=O)COCCCCCCCCCOCC(=O)Nc2ccc(C(=O)Nc3ccccc3N)cc2)C(C)(C)C)cc1. The maximum Gasteiger partial charge on any atom is 0.255 e. The molecule has 1 saturated heterocycles. The van der Waals surface area contributed by atoms with Crippen LogP contribution in [0, 0.1) is 12.3 Å². The van der Waals surface area contributed by atoms with Gasteiger partial charge in [0.05, 0.1) is 33.6 Å². The van der Waals surface area contributed by atoms with E-state index in [1.807, 2.05) is 57.5 Å². The van der Waals surface area contributed by atoms with E-state index in [-0.39, 0.29) is 50.4 Å². The van der Waals surface area contributed by atoms with Crippen molar-refractivity contribution in [3.8, 4) is 10.4 Å². The van der Waals surface area contributed by atoms with E-state index in [2.05, 4.69) is 26.3 Å². The van der Waals surface area contributed by atoms with Crippen LogP contribution in [0.15, 0.2) is 78.3 Å². The average molecular weight is 898 g/mol. The molecule has 5 rings (SSSR count). The van der Waals surface area contributed by atoms with Crippen LogP contribution in [-0.4, -0.2) is 95.7 Å². The minimum absolute atomic E-state index is 0.000301. The van der Waals surface area contributed by atoms with Crippen LogP contribution in [0.25, 0.3) is 10.4 Å². The lowest BCUT2D eigenvalue weighted by atomic mass is 9.85. The number of aromatic nitrogens is 1. The molecule has 1 aliphatic rings. The zero-order valence-corrected chi connectivity index (χ0v) is 38.1. The molecule has 15 nitrogen and oxygen atoms in total. The lowest BCUT2D eigenvalue weighted by Gasteiger charge is -2.35. The number of carbonyl (C=O) groups excluding carboxylic acids is 5. The van der Waals surface area contributed by atoms with Crippen LogP contribution in [0.4, 0.5) is 17.1 Å².